The fraction of sp³-hybridized carbons (Fsp3) is 0.368. The molecule has 0 fully saturated rings. The van der Waals surface area contributed by atoms with E-state index in [0.29, 0.717) is 0 Å². The summed E-state index contributed by atoms with van der Waals surface area (Å²) < 4.78 is 7.03. The zero-order valence-electron chi connectivity index (χ0n) is 15.6. The molecule has 8 heteroatoms. The summed E-state index contributed by atoms with van der Waals surface area (Å²) in [5.41, 5.74) is 5.08. The predicted octanol–water partition coefficient (Wildman–Crippen LogP) is 1.04. The molecule has 0 atom stereocenters. The zero-order chi connectivity index (χ0) is 20.1. The molecule has 0 amide bonds. The number of ether oxygens (including phenoxy) is 1. The topological polar surface area (TPSA) is 113 Å². The molecule has 0 spiro atoms. The number of hydrogen-bond donors (Lipinski definition) is 1. The first-order valence-electron chi connectivity index (χ1n) is 8.64. The lowest BCUT2D eigenvalue weighted by Crippen LogP contribution is -2.44. The molecule has 8 nitrogen and oxygen atoms in total. The van der Waals surface area contributed by atoms with E-state index in [1.54, 1.807) is 32.9 Å². The molecule has 27 heavy (non-hydrogen) atoms. The van der Waals surface area contributed by atoms with Crippen LogP contribution in [-0.4, -0.2) is 27.5 Å². The van der Waals surface area contributed by atoms with Crippen molar-refractivity contribution in [1.82, 2.24) is 9.13 Å². The number of benzene rings is 1. The molecule has 1 aromatic heterocycles. The number of carbonyl (C=O) groups excluding carboxylic acids is 2. The Labute approximate surface area is 156 Å². The summed E-state index contributed by atoms with van der Waals surface area (Å²) in [7, 11) is 0. The third kappa shape index (κ3) is 4.33. The minimum atomic E-state index is -0.782. The van der Waals surface area contributed by atoms with Crippen molar-refractivity contribution >= 4 is 17.6 Å². The van der Waals surface area contributed by atoms with Crippen molar-refractivity contribution in [3.8, 4) is 0 Å². The van der Waals surface area contributed by atoms with Crippen LogP contribution in [0.3, 0.4) is 0 Å². The van der Waals surface area contributed by atoms with Crippen molar-refractivity contribution in [2.24, 2.45) is 5.92 Å². The molecule has 1 aromatic carbocycles. The van der Waals surface area contributed by atoms with Crippen molar-refractivity contribution in [2.45, 2.75) is 33.9 Å². The maximum Gasteiger partial charge on any atom is 0.332 e. The number of Topliss-reactive ketones (excluding diaryl/α,β-unsaturated/α-hetero) is 1. The number of nitrogens with two attached hydrogens (primary N) is 1. The summed E-state index contributed by atoms with van der Waals surface area (Å²) in [4.78, 5) is 49.3. The molecule has 0 aliphatic rings. The zero-order valence-corrected chi connectivity index (χ0v) is 15.6. The van der Waals surface area contributed by atoms with E-state index in [-0.39, 0.29) is 24.5 Å². The molecule has 2 rings (SSSR count). The Kier molecular flexibility index (Phi) is 6.33. The van der Waals surface area contributed by atoms with Gasteiger partial charge in [-0.3, -0.25) is 23.5 Å². The maximum atomic E-state index is 12.6. The van der Waals surface area contributed by atoms with Gasteiger partial charge in [0.1, 0.15) is 11.4 Å². The Bertz CT molecular complexity index is 958. The van der Waals surface area contributed by atoms with Crippen LogP contribution >= 0.6 is 0 Å². The van der Waals surface area contributed by atoms with Gasteiger partial charge in [0.2, 0.25) is 5.78 Å². The summed E-state index contributed by atoms with van der Waals surface area (Å²) >= 11 is 0. The van der Waals surface area contributed by atoms with Crippen LogP contribution in [0, 0.1) is 5.92 Å². The number of nitrogen functional groups attached to an aromatic ring is 1. The lowest BCUT2D eigenvalue weighted by atomic mass is 10.1. The number of rotatable bonds is 7. The smallest absolute Gasteiger partial charge is 0.332 e. The van der Waals surface area contributed by atoms with E-state index in [1.807, 2.05) is 18.2 Å². The SMILES string of the molecule is CCn1c(=O)c(C(=O)COC(=O)C(C)C)c(N)n(Cc2ccccc2)c1=O. The number of nitrogens with zero attached hydrogens (tertiary/aromatic N) is 2. The van der Waals surface area contributed by atoms with Crippen molar-refractivity contribution in [1.29, 1.82) is 0 Å². The standard InChI is InChI=1S/C19H23N3O5/c1-4-21-17(24)15(14(23)11-27-18(25)12(2)3)16(20)22(19(21)26)10-13-8-6-5-7-9-13/h5-9,12H,4,10-11,20H2,1-3H3. The van der Waals surface area contributed by atoms with Crippen molar-refractivity contribution in [2.75, 3.05) is 12.3 Å². The molecule has 0 aliphatic carbocycles. The Hall–Kier alpha value is -3.16. The lowest BCUT2D eigenvalue weighted by Gasteiger charge is -2.16. The molecular formula is C19H23N3O5. The largest absolute Gasteiger partial charge is 0.457 e. The number of anilines is 1. The third-order valence-corrected chi connectivity index (χ3v) is 4.06. The second-order valence-electron chi connectivity index (χ2n) is 6.35. The number of carbonyl (C=O) groups is 2. The average molecular weight is 373 g/mol. The summed E-state index contributed by atoms with van der Waals surface area (Å²) in [6, 6.07) is 9.06. The minimum Gasteiger partial charge on any atom is -0.457 e. The van der Waals surface area contributed by atoms with Crippen LogP contribution in [0.4, 0.5) is 5.82 Å². The Morgan fingerprint density at radius 1 is 1.11 bits per heavy atom. The molecule has 1 heterocycles. The van der Waals surface area contributed by atoms with Crippen LogP contribution in [0.2, 0.25) is 0 Å². The van der Waals surface area contributed by atoms with Crippen LogP contribution in [0.25, 0.3) is 0 Å². The molecule has 0 saturated carbocycles. The monoisotopic (exact) mass is 373 g/mol. The molecule has 0 saturated heterocycles. The second-order valence-corrected chi connectivity index (χ2v) is 6.35. The molecule has 0 radical (unpaired) electrons. The lowest BCUT2D eigenvalue weighted by molar-refractivity contribution is -0.146. The molecule has 2 aromatic rings. The Morgan fingerprint density at radius 3 is 2.30 bits per heavy atom. The third-order valence-electron chi connectivity index (χ3n) is 4.06. The van der Waals surface area contributed by atoms with Gasteiger partial charge in [0.15, 0.2) is 6.61 Å². The van der Waals surface area contributed by atoms with E-state index in [9.17, 15) is 19.2 Å². The van der Waals surface area contributed by atoms with E-state index < -0.39 is 35.5 Å². The summed E-state index contributed by atoms with van der Waals surface area (Å²) in [6.07, 6.45) is 0. The van der Waals surface area contributed by atoms with Crippen LogP contribution < -0.4 is 17.0 Å². The number of ketones is 1. The maximum absolute atomic E-state index is 12.6. The fourth-order valence-corrected chi connectivity index (χ4v) is 2.55. The second kappa shape index (κ2) is 8.48. The Balaban J connectivity index is 2.49. The van der Waals surface area contributed by atoms with E-state index in [4.69, 9.17) is 10.5 Å². The van der Waals surface area contributed by atoms with Gasteiger partial charge in [-0.2, -0.15) is 0 Å². The quantitative estimate of drug-likeness (QED) is 0.573. The van der Waals surface area contributed by atoms with Gasteiger partial charge >= 0.3 is 11.7 Å². The average Bonchev–Trinajstić information content (AvgIpc) is 2.64. The normalized spacial score (nSPS) is 10.8. The van der Waals surface area contributed by atoms with Crippen molar-refractivity contribution in [3.05, 3.63) is 62.3 Å². The van der Waals surface area contributed by atoms with Gasteiger partial charge in [-0.15, -0.1) is 0 Å². The molecule has 0 unspecified atom stereocenters. The first-order valence-corrected chi connectivity index (χ1v) is 8.64. The number of aromatic nitrogens is 2. The highest BCUT2D eigenvalue weighted by molar-refractivity contribution is 6.01. The molecule has 0 bridgehead atoms. The van der Waals surface area contributed by atoms with Gasteiger partial charge in [-0.1, -0.05) is 44.2 Å². The molecule has 2 N–H and O–H groups in total. The van der Waals surface area contributed by atoms with Gasteiger partial charge in [0.25, 0.3) is 5.56 Å². The Morgan fingerprint density at radius 2 is 1.74 bits per heavy atom. The van der Waals surface area contributed by atoms with Gasteiger partial charge in [0, 0.05) is 6.54 Å². The molecule has 144 valence electrons. The first kappa shape index (κ1) is 20.2. The highest BCUT2D eigenvalue weighted by Crippen LogP contribution is 2.10. The van der Waals surface area contributed by atoms with Crippen LogP contribution in [0.5, 0.6) is 0 Å². The number of esters is 1. The highest BCUT2D eigenvalue weighted by atomic mass is 16.5. The van der Waals surface area contributed by atoms with E-state index in [2.05, 4.69) is 0 Å². The summed E-state index contributed by atoms with van der Waals surface area (Å²) in [6.45, 7) is 4.47. The summed E-state index contributed by atoms with van der Waals surface area (Å²) in [5, 5.41) is 0. The number of hydrogen-bond acceptors (Lipinski definition) is 6. The van der Waals surface area contributed by atoms with E-state index >= 15 is 0 Å². The molecular weight excluding hydrogens is 350 g/mol. The molecule has 0 aliphatic heterocycles. The van der Waals surface area contributed by atoms with Gasteiger partial charge in [0.05, 0.1) is 12.5 Å². The fourth-order valence-electron chi connectivity index (χ4n) is 2.55. The van der Waals surface area contributed by atoms with Gasteiger partial charge in [-0.25, -0.2) is 4.79 Å². The van der Waals surface area contributed by atoms with E-state index in [1.165, 1.54) is 4.57 Å². The first-order chi connectivity index (χ1) is 12.8. The van der Waals surface area contributed by atoms with E-state index in [0.717, 1.165) is 10.1 Å². The van der Waals surface area contributed by atoms with Crippen LogP contribution in [0.1, 0.15) is 36.7 Å². The van der Waals surface area contributed by atoms with Crippen LogP contribution in [0.15, 0.2) is 39.9 Å². The van der Waals surface area contributed by atoms with Gasteiger partial charge in [-0.05, 0) is 12.5 Å². The highest BCUT2D eigenvalue weighted by Gasteiger charge is 2.23. The summed E-state index contributed by atoms with van der Waals surface area (Å²) in [5.74, 6) is -1.94. The van der Waals surface area contributed by atoms with Crippen molar-refractivity contribution in [3.63, 3.8) is 0 Å². The van der Waals surface area contributed by atoms with Crippen LogP contribution in [-0.2, 0) is 22.6 Å². The van der Waals surface area contributed by atoms with Crippen molar-refractivity contribution < 1.29 is 14.3 Å². The minimum absolute atomic E-state index is 0.0821. The van der Waals surface area contributed by atoms with Gasteiger partial charge < -0.3 is 10.5 Å². The predicted molar refractivity (Wildman–Crippen MR) is 101 cm³/mol.